The molecule has 0 atom stereocenters. The van der Waals surface area contributed by atoms with E-state index in [0.29, 0.717) is 5.56 Å². The van der Waals surface area contributed by atoms with E-state index in [-0.39, 0.29) is 5.91 Å². The number of rotatable bonds is 5. The normalized spacial score (nSPS) is 11.5. The lowest BCUT2D eigenvalue weighted by Crippen LogP contribution is -2.21. The van der Waals surface area contributed by atoms with Crippen LogP contribution in [0, 0.1) is 6.92 Å². The Morgan fingerprint density at radius 3 is 2.56 bits per heavy atom. The number of fused-ring (bicyclic) bond motifs is 1. The number of pyridine rings is 1. The summed E-state index contributed by atoms with van der Waals surface area (Å²) in [5.41, 5.74) is 6.85. The van der Waals surface area contributed by atoms with Gasteiger partial charge < -0.3 is 0 Å². The Hall–Kier alpha value is -3.01. The second-order valence-electron chi connectivity index (χ2n) is 5.94. The van der Waals surface area contributed by atoms with E-state index in [2.05, 4.69) is 22.4 Å². The number of aromatic nitrogens is 1. The number of nitrogens with one attached hydrogen (secondary N) is 1. The fourth-order valence-electron chi connectivity index (χ4n) is 2.81. The standard InChI is InChI=1S/C21H21N3O/c1-3-9-19(16-10-5-4-6-11-16)23-24-21(25)18-14-15(2)22-20-13-8-7-12-17(18)20/h4-8,10-14H,3,9H2,1-2H3,(H,24,25). The summed E-state index contributed by atoms with van der Waals surface area (Å²) in [5.74, 6) is -0.216. The number of carbonyl (C=O) groups excluding carboxylic acids is 1. The molecule has 0 aliphatic heterocycles. The molecule has 1 N–H and O–H groups in total. The van der Waals surface area contributed by atoms with Crippen LogP contribution < -0.4 is 5.43 Å². The van der Waals surface area contributed by atoms with E-state index in [1.807, 2.05) is 61.5 Å². The van der Waals surface area contributed by atoms with Crippen LogP contribution in [0.25, 0.3) is 10.9 Å². The van der Waals surface area contributed by atoms with E-state index < -0.39 is 0 Å². The number of hydrazone groups is 1. The van der Waals surface area contributed by atoms with Crippen molar-refractivity contribution >= 4 is 22.5 Å². The lowest BCUT2D eigenvalue weighted by molar-refractivity contribution is 0.0956. The summed E-state index contributed by atoms with van der Waals surface area (Å²) in [6, 6.07) is 19.4. The van der Waals surface area contributed by atoms with Gasteiger partial charge in [0.15, 0.2) is 0 Å². The number of carbonyl (C=O) groups is 1. The third kappa shape index (κ3) is 3.91. The van der Waals surface area contributed by atoms with Gasteiger partial charge in [0.2, 0.25) is 0 Å². The summed E-state index contributed by atoms with van der Waals surface area (Å²) in [5, 5.41) is 5.22. The molecule has 0 radical (unpaired) electrons. The van der Waals surface area contributed by atoms with Gasteiger partial charge in [-0.15, -0.1) is 0 Å². The molecule has 3 aromatic rings. The molecule has 3 rings (SSSR count). The number of aryl methyl sites for hydroxylation is 1. The molecule has 0 bridgehead atoms. The maximum atomic E-state index is 12.7. The van der Waals surface area contributed by atoms with Crippen molar-refractivity contribution in [1.82, 2.24) is 10.4 Å². The van der Waals surface area contributed by atoms with Gasteiger partial charge in [0.05, 0.1) is 16.8 Å². The molecule has 1 aromatic heterocycles. The van der Waals surface area contributed by atoms with Gasteiger partial charge in [-0.1, -0.05) is 61.9 Å². The first kappa shape index (κ1) is 16.8. The molecule has 4 heteroatoms. The summed E-state index contributed by atoms with van der Waals surface area (Å²) in [6.07, 6.45) is 1.77. The molecule has 0 saturated carbocycles. The van der Waals surface area contributed by atoms with Gasteiger partial charge in [-0.25, -0.2) is 5.43 Å². The van der Waals surface area contributed by atoms with Gasteiger partial charge in [0.1, 0.15) is 0 Å². The highest BCUT2D eigenvalue weighted by atomic mass is 16.2. The molecule has 1 heterocycles. The number of benzene rings is 2. The summed E-state index contributed by atoms with van der Waals surface area (Å²) in [6.45, 7) is 3.99. The highest BCUT2D eigenvalue weighted by Crippen LogP contribution is 2.18. The maximum absolute atomic E-state index is 12.7. The number of nitrogens with zero attached hydrogens (tertiary/aromatic N) is 2. The van der Waals surface area contributed by atoms with Crippen molar-refractivity contribution in [2.75, 3.05) is 0 Å². The number of hydrogen-bond donors (Lipinski definition) is 1. The second kappa shape index (κ2) is 7.71. The van der Waals surface area contributed by atoms with E-state index in [4.69, 9.17) is 0 Å². The van der Waals surface area contributed by atoms with E-state index in [1.165, 1.54) is 0 Å². The van der Waals surface area contributed by atoms with E-state index >= 15 is 0 Å². The highest BCUT2D eigenvalue weighted by Gasteiger charge is 2.12. The average Bonchev–Trinajstić information content (AvgIpc) is 2.64. The van der Waals surface area contributed by atoms with Gasteiger partial charge in [-0.05, 0) is 31.0 Å². The van der Waals surface area contributed by atoms with E-state index in [9.17, 15) is 4.79 Å². The molecule has 0 aliphatic rings. The molecule has 0 aliphatic carbocycles. The summed E-state index contributed by atoms with van der Waals surface area (Å²) in [4.78, 5) is 17.2. The van der Waals surface area contributed by atoms with Crippen LogP contribution >= 0.6 is 0 Å². The Morgan fingerprint density at radius 1 is 1.08 bits per heavy atom. The third-order valence-corrected chi connectivity index (χ3v) is 3.98. The third-order valence-electron chi connectivity index (χ3n) is 3.98. The molecule has 126 valence electrons. The molecule has 0 saturated heterocycles. The fourth-order valence-corrected chi connectivity index (χ4v) is 2.81. The van der Waals surface area contributed by atoms with Crippen molar-refractivity contribution in [2.24, 2.45) is 5.10 Å². The topological polar surface area (TPSA) is 54.4 Å². The average molecular weight is 331 g/mol. The van der Waals surface area contributed by atoms with Crippen molar-refractivity contribution in [3.63, 3.8) is 0 Å². The summed E-state index contributed by atoms with van der Waals surface area (Å²) in [7, 11) is 0. The van der Waals surface area contributed by atoms with Crippen LogP contribution in [0.15, 0.2) is 65.8 Å². The molecule has 4 nitrogen and oxygen atoms in total. The Kier molecular flexibility index (Phi) is 5.19. The SMILES string of the molecule is CCCC(=NNC(=O)c1cc(C)nc2ccccc12)c1ccccc1. The van der Waals surface area contributed by atoms with Crippen LogP contribution in [0.4, 0.5) is 0 Å². The first-order valence-electron chi connectivity index (χ1n) is 8.47. The van der Waals surface area contributed by atoms with Crippen molar-refractivity contribution < 1.29 is 4.79 Å². The highest BCUT2D eigenvalue weighted by molar-refractivity contribution is 6.07. The predicted molar refractivity (Wildman–Crippen MR) is 102 cm³/mol. The molecule has 0 fully saturated rings. The minimum Gasteiger partial charge on any atom is -0.267 e. The summed E-state index contributed by atoms with van der Waals surface area (Å²) >= 11 is 0. The van der Waals surface area contributed by atoms with Crippen molar-refractivity contribution in [1.29, 1.82) is 0 Å². The first-order valence-corrected chi connectivity index (χ1v) is 8.47. The van der Waals surface area contributed by atoms with Gasteiger partial charge in [-0.2, -0.15) is 5.10 Å². The Labute approximate surface area is 147 Å². The Morgan fingerprint density at radius 2 is 1.80 bits per heavy atom. The monoisotopic (exact) mass is 331 g/mol. The second-order valence-corrected chi connectivity index (χ2v) is 5.94. The van der Waals surface area contributed by atoms with E-state index in [1.54, 1.807) is 6.07 Å². The smallest absolute Gasteiger partial charge is 0.267 e. The number of para-hydroxylation sites is 1. The molecule has 1 amide bonds. The van der Waals surface area contributed by atoms with Crippen molar-refractivity contribution in [3.8, 4) is 0 Å². The van der Waals surface area contributed by atoms with Crippen LogP contribution in [0.2, 0.25) is 0 Å². The Balaban J connectivity index is 1.91. The minimum absolute atomic E-state index is 0.216. The first-order chi connectivity index (χ1) is 12.2. The number of amides is 1. The lowest BCUT2D eigenvalue weighted by atomic mass is 10.1. The van der Waals surface area contributed by atoms with E-state index in [0.717, 1.165) is 40.7 Å². The largest absolute Gasteiger partial charge is 0.272 e. The van der Waals surface area contributed by atoms with Crippen LogP contribution in [0.3, 0.4) is 0 Å². The fraction of sp³-hybridized carbons (Fsp3) is 0.190. The van der Waals surface area contributed by atoms with Gasteiger partial charge in [0.25, 0.3) is 5.91 Å². The van der Waals surface area contributed by atoms with Crippen LogP contribution in [0.5, 0.6) is 0 Å². The van der Waals surface area contributed by atoms with Crippen molar-refractivity contribution in [3.05, 3.63) is 77.5 Å². The number of hydrogen-bond acceptors (Lipinski definition) is 3. The zero-order valence-corrected chi connectivity index (χ0v) is 14.5. The molecular formula is C21H21N3O. The molecule has 0 spiro atoms. The van der Waals surface area contributed by atoms with Crippen LogP contribution in [0.1, 0.15) is 41.4 Å². The predicted octanol–water partition coefficient (Wildman–Crippen LogP) is 4.48. The summed E-state index contributed by atoms with van der Waals surface area (Å²) < 4.78 is 0. The minimum atomic E-state index is -0.216. The van der Waals surface area contributed by atoms with Gasteiger partial charge in [-0.3, -0.25) is 9.78 Å². The lowest BCUT2D eigenvalue weighted by Gasteiger charge is -2.09. The molecular weight excluding hydrogens is 310 g/mol. The van der Waals surface area contributed by atoms with Gasteiger partial charge in [0, 0.05) is 11.1 Å². The maximum Gasteiger partial charge on any atom is 0.272 e. The van der Waals surface area contributed by atoms with Crippen LogP contribution in [-0.2, 0) is 0 Å². The zero-order chi connectivity index (χ0) is 17.6. The molecule has 0 unspecified atom stereocenters. The van der Waals surface area contributed by atoms with Crippen LogP contribution in [-0.4, -0.2) is 16.6 Å². The zero-order valence-electron chi connectivity index (χ0n) is 14.5. The quantitative estimate of drug-likeness (QED) is 0.554. The Bertz CT molecular complexity index is 917. The van der Waals surface area contributed by atoms with Gasteiger partial charge >= 0.3 is 0 Å². The van der Waals surface area contributed by atoms with Crippen molar-refractivity contribution in [2.45, 2.75) is 26.7 Å². The molecule has 25 heavy (non-hydrogen) atoms. The molecule has 2 aromatic carbocycles.